The highest BCUT2D eigenvalue weighted by molar-refractivity contribution is 5.35. The van der Waals surface area contributed by atoms with Gasteiger partial charge in [0.15, 0.2) is 0 Å². The molecule has 0 spiro atoms. The molecule has 0 aliphatic heterocycles. The average molecular weight is 159 g/mol. The summed E-state index contributed by atoms with van der Waals surface area (Å²) in [7, 11) is 0. The van der Waals surface area contributed by atoms with Gasteiger partial charge in [-0.3, -0.25) is 0 Å². The van der Waals surface area contributed by atoms with Gasteiger partial charge in [0.1, 0.15) is 0 Å². The van der Waals surface area contributed by atoms with Crippen molar-refractivity contribution in [3.63, 3.8) is 0 Å². The largest absolute Gasteiger partial charge is 0.416 e. The van der Waals surface area contributed by atoms with E-state index in [0.29, 0.717) is 0 Å². The fraction of sp³-hybridized carbons (Fsp3) is 0.375. The van der Waals surface area contributed by atoms with Crippen molar-refractivity contribution in [2.45, 2.75) is 19.5 Å². The van der Waals surface area contributed by atoms with Gasteiger partial charge in [0.2, 0.25) is 0 Å². The molecule has 3 radical (unpaired) electrons. The van der Waals surface area contributed by atoms with Gasteiger partial charge in [0.25, 0.3) is 0 Å². The van der Waals surface area contributed by atoms with Crippen molar-refractivity contribution in [3.05, 3.63) is 29.7 Å². The maximum atomic E-state index is 12.0. The molecule has 0 amide bonds. The molecular weight excluding hydrogens is 153 g/mol. The Hall–Kier alpha value is -0.730. The third kappa shape index (κ3) is 1.85. The van der Waals surface area contributed by atoms with E-state index in [1.807, 2.05) is 0 Å². The summed E-state index contributed by atoms with van der Waals surface area (Å²) < 4.78 is 36.1. The number of alkyl halides is 3. The van der Waals surface area contributed by atoms with E-state index in [4.69, 9.17) is 0 Å². The predicted octanol–water partition coefficient (Wildman–Crippen LogP) is 2.71. The van der Waals surface area contributed by atoms with Crippen LogP contribution in [0.3, 0.4) is 0 Å². The SMILES string of the molecule is CC1=[C][C]CC=C1C(F)(F)F. The zero-order valence-corrected chi connectivity index (χ0v) is 5.92. The summed E-state index contributed by atoms with van der Waals surface area (Å²) in [6.45, 7) is 1.38. The Morgan fingerprint density at radius 2 is 2.09 bits per heavy atom. The first-order valence-electron chi connectivity index (χ1n) is 3.12. The Labute approximate surface area is 63.4 Å². The molecule has 0 heterocycles. The highest BCUT2D eigenvalue weighted by atomic mass is 19.4. The van der Waals surface area contributed by atoms with Gasteiger partial charge in [0, 0.05) is 6.42 Å². The van der Waals surface area contributed by atoms with Crippen molar-refractivity contribution in [2.75, 3.05) is 0 Å². The second kappa shape index (κ2) is 2.72. The van der Waals surface area contributed by atoms with Gasteiger partial charge in [-0.2, -0.15) is 13.2 Å². The molecule has 0 fully saturated rings. The number of allylic oxidation sites excluding steroid dienone is 4. The molecule has 1 aliphatic rings. The third-order valence-electron chi connectivity index (χ3n) is 1.39. The van der Waals surface area contributed by atoms with E-state index < -0.39 is 11.7 Å². The minimum atomic E-state index is -4.24. The molecule has 0 unspecified atom stereocenters. The first-order valence-corrected chi connectivity index (χ1v) is 3.12. The first-order chi connectivity index (χ1) is 5.02. The van der Waals surface area contributed by atoms with Gasteiger partial charge in [0.05, 0.1) is 5.57 Å². The second-order valence-corrected chi connectivity index (χ2v) is 2.25. The lowest BCUT2D eigenvalue weighted by Crippen LogP contribution is -2.14. The lowest BCUT2D eigenvalue weighted by molar-refractivity contribution is -0.0897. The van der Waals surface area contributed by atoms with Gasteiger partial charge >= 0.3 is 6.18 Å². The molecule has 0 bridgehead atoms. The summed E-state index contributed by atoms with van der Waals surface area (Å²) in [6.07, 6.45) is 2.07. The molecule has 0 atom stereocenters. The molecule has 0 saturated heterocycles. The number of halogens is 3. The molecule has 0 aromatic heterocycles. The van der Waals surface area contributed by atoms with Gasteiger partial charge < -0.3 is 0 Å². The lowest BCUT2D eigenvalue weighted by atomic mass is 9.99. The van der Waals surface area contributed by atoms with Gasteiger partial charge in [-0.15, -0.1) is 0 Å². The summed E-state index contributed by atoms with van der Waals surface area (Å²) in [5, 5.41) is 0. The Morgan fingerprint density at radius 1 is 1.45 bits per heavy atom. The van der Waals surface area contributed by atoms with Gasteiger partial charge in [-0.1, -0.05) is 6.08 Å². The highest BCUT2D eigenvalue weighted by Gasteiger charge is 2.34. The minimum Gasteiger partial charge on any atom is -0.166 e. The molecule has 11 heavy (non-hydrogen) atoms. The average Bonchev–Trinajstić information content (AvgIpc) is 1.86. The zero-order chi connectivity index (χ0) is 8.48. The van der Waals surface area contributed by atoms with Crippen LogP contribution >= 0.6 is 0 Å². The van der Waals surface area contributed by atoms with E-state index in [2.05, 4.69) is 12.5 Å². The van der Waals surface area contributed by atoms with Crippen LogP contribution in [-0.4, -0.2) is 6.18 Å². The van der Waals surface area contributed by atoms with Crippen LogP contribution in [0.25, 0.3) is 0 Å². The molecule has 0 aromatic carbocycles. The first kappa shape index (κ1) is 8.37. The van der Waals surface area contributed by atoms with Crippen LogP contribution in [0.2, 0.25) is 0 Å². The lowest BCUT2D eigenvalue weighted by Gasteiger charge is -2.14. The van der Waals surface area contributed by atoms with Gasteiger partial charge in [-0.25, -0.2) is 0 Å². The predicted molar refractivity (Wildman–Crippen MR) is 34.4 cm³/mol. The second-order valence-electron chi connectivity index (χ2n) is 2.25. The van der Waals surface area contributed by atoms with Gasteiger partial charge in [-0.05, 0) is 25.0 Å². The van der Waals surface area contributed by atoms with E-state index in [1.54, 1.807) is 0 Å². The fourth-order valence-corrected chi connectivity index (χ4v) is 0.885. The number of hydrogen-bond acceptors (Lipinski definition) is 0. The molecule has 59 valence electrons. The Morgan fingerprint density at radius 3 is 2.45 bits per heavy atom. The summed E-state index contributed by atoms with van der Waals surface area (Å²) >= 11 is 0. The molecule has 0 N–H and O–H groups in total. The molecule has 1 aliphatic carbocycles. The smallest absolute Gasteiger partial charge is 0.166 e. The van der Waals surface area contributed by atoms with Crippen molar-refractivity contribution >= 4 is 0 Å². The fourth-order valence-electron chi connectivity index (χ4n) is 0.885. The van der Waals surface area contributed by atoms with Crippen LogP contribution in [-0.2, 0) is 0 Å². The topological polar surface area (TPSA) is 0 Å². The van der Waals surface area contributed by atoms with E-state index in [1.165, 1.54) is 6.92 Å². The monoisotopic (exact) mass is 159 g/mol. The van der Waals surface area contributed by atoms with E-state index in [9.17, 15) is 13.2 Å². The van der Waals surface area contributed by atoms with Crippen molar-refractivity contribution in [1.82, 2.24) is 0 Å². The van der Waals surface area contributed by atoms with Crippen LogP contribution in [0, 0.1) is 12.5 Å². The molecule has 0 aromatic rings. The van der Waals surface area contributed by atoms with Crippen LogP contribution < -0.4 is 0 Å². The molecule has 0 saturated carbocycles. The Kier molecular flexibility index (Phi) is 2.07. The van der Waals surface area contributed by atoms with Crippen LogP contribution in [0.1, 0.15) is 13.3 Å². The van der Waals surface area contributed by atoms with E-state index in [-0.39, 0.29) is 12.0 Å². The summed E-state index contributed by atoms with van der Waals surface area (Å²) in [5.74, 6) is 0. The Bertz CT molecular complexity index is 208. The molecular formula is C8H6F3. The van der Waals surface area contributed by atoms with Crippen molar-refractivity contribution in [3.8, 4) is 0 Å². The summed E-state index contributed by atoms with van der Waals surface area (Å²) in [6, 6.07) is 0. The van der Waals surface area contributed by atoms with Crippen molar-refractivity contribution < 1.29 is 13.2 Å². The van der Waals surface area contributed by atoms with Crippen molar-refractivity contribution in [1.29, 1.82) is 0 Å². The van der Waals surface area contributed by atoms with Crippen molar-refractivity contribution in [2.24, 2.45) is 0 Å². The standard InChI is InChI=1S/C8H6F3/c1-6-4-2-3-5-7(6)8(9,10)11/h5H,3H2,1H3. The maximum absolute atomic E-state index is 12.0. The molecule has 3 heteroatoms. The minimum absolute atomic E-state index is 0.115. The zero-order valence-electron chi connectivity index (χ0n) is 5.92. The highest BCUT2D eigenvalue weighted by Crippen LogP contribution is 2.33. The number of rotatable bonds is 0. The maximum Gasteiger partial charge on any atom is 0.416 e. The number of hydrogen-bond donors (Lipinski definition) is 0. The third-order valence-corrected chi connectivity index (χ3v) is 1.39. The quantitative estimate of drug-likeness (QED) is 0.509. The Balaban J connectivity index is 2.87. The van der Waals surface area contributed by atoms with Crippen LogP contribution in [0.15, 0.2) is 17.2 Å². The van der Waals surface area contributed by atoms with Crippen LogP contribution in [0.4, 0.5) is 13.2 Å². The van der Waals surface area contributed by atoms with E-state index >= 15 is 0 Å². The summed E-state index contributed by atoms with van der Waals surface area (Å²) in [5.41, 5.74) is -0.472. The van der Waals surface area contributed by atoms with E-state index in [0.717, 1.165) is 6.08 Å². The normalized spacial score (nSPS) is 19.3. The molecule has 0 nitrogen and oxygen atoms in total. The molecule has 1 rings (SSSR count). The summed E-state index contributed by atoms with van der Waals surface area (Å²) in [4.78, 5) is 0. The van der Waals surface area contributed by atoms with Crippen LogP contribution in [0.5, 0.6) is 0 Å².